The Morgan fingerprint density at radius 2 is 2.10 bits per heavy atom. The minimum atomic E-state index is -1.18. The number of carboxylic acids is 1. The number of carbonyl (C=O) groups is 1. The zero-order valence-corrected chi connectivity index (χ0v) is 10.5. The molecule has 0 aliphatic rings. The van der Waals surface area contributed by atoms with Gasteiger partial charge in [0.15, 0.2) is 0 Å². The molecule has 1 aromatic carbocycles. The first-order chi connectivity index (χ1) is 9.38. The average molecular weight is 278 g/mol. The predicted octanol–water partition coefficient (Wildman–Crippen LogP) is 0.731. The van der Waals surface area contributed by atoms with E-state index in [1.807, 2.05) is 0 Å². The summed E-state index contributed by atoms with van der Waals surface area (Å²) in [7, 11) is 0. The number of nitrogens with zero attached hydrogens (tertiary/aromatic N) is 1. The lowest BCUT2D eigenvalue weighted by Crippen LogP contribution is -2.31. The van der Waals surface area contributed by atoms with Crippen LogP contribution < -0.4 is 11.2 Å². The van der Waals surface area contributed by atoms with Gasteiger partial charge in [0, 0.05) is 17.3 Å². The fraction of sp³-hybridized carbons (Fsp3) is 0.154. The summed E-state index contributed by atoms with van der Waals surface area (Å²) >= 11 is 0. The van der Waals surface area contributed by atoms with Gasteiger partial charge in [0.1, 0.15) is 5.82 Å². The van der Waals surface area contributed by atoms with Crippen molar-refractivity contribution in [3.8, 4) is 0 Å². The van der Waals surface area contributed by atoms with Crippen LogP contribution in [0.5, 0.6) is 0 Å². The van der Waals surface area contributed by atoms with Gasteiger partial charge < -0.3 is 5.11 Å². The molecule has 2 N–H and O–H groups in total. The van der Waals surface area contributed by atoms with Crippen LogP contribution in [0.1, 0.15) is 21.5 Å². The van der Waals surface area contributed by atoms with Crippen molar-refractivity contribution in [2.45, 2.75) is 13.5 Å². The number of benzene rings is 1. The summed E-state index contributed by atoms with van der Waals surface area (Å²) in [5.41, 5.74) is -0.903. The number of H-pyrrole nitrogens is 1. The minimum Gasteiger partial charge on any atom is -0.478 e. The summed E-state index contributed by atoms with van der Waals surface area (Å²) in [6, 6.07) is 3.33. The van der Waals surface area contributed by atoms with Crippen molar-refractivity contribution in [3.63, 3.8) is 0 Å². The Bertz CT molecular complexity index is 792. The highest BCUT2D eigenvalue weighted by Crippen LogP contribution is 2.11. The lowest BCUT2D eigenvalue weighted by molar-refractivity contribution is 0.0696. The van der Waals surface area contributed by atoms with Gasteiger partial charge >= 0.3 is 11.7 Å². The summed E-state index contributed by atoms with van der Waals surface area (Å²) in [5, 5.41) is 8.86. The van der Waals surface area contributed by atoms with Gasteiger partial charge in [0.05, 0.1) is 12.1 Å². The molecule has 1 aromatic heterocycles. The molecule has 0 atom stereocenters. The number of nitrogens with one attached hydrogen (secondary N) is 1. The normalized spacial score (nSPS) is 10.5. The van der Waals surface area contributed by atoms with E-state index in [2.05, 4.69) is 4.98 Å². The van der Waals surface area contributed by atoms with E-state index in [-0.39, 0.29) is 17.7 Å². The second-order valence-corrected chi connectivity index (χ2v) is 4.31. The summed E-state index contributed by atoms with van der Waals surface area (Å²) in [6.07, 6.45) is 1.30. The van der Waals surface area contributed by atoms with Crippen molar-refractivity contribution >= 4 is 5.97 Å². The van der Waals surface area contributed by atoms with E-state index < -0.39 is 23.0 Å². The molecular weight excluding hydrogens is 267 g/mol. The van der Waals surface area contributed by atoms with Crippen LogP contribution in [-0.2, 0) is 6.54 Å². The second kappa shape index (κ2) is 5.12. The standard InChI is InChI=1S/C13H11FN2O4/c1-7-5-16(13(20)15-11(7)17)6-9-4-8(12(18)19)2-3-10(9)14/h2-5H,6H2,1H3,(H,18,19)(H,15,17,20). The third-order valence-electron chi connectivity index (χ3n) is 2.82. The average Bonchev–Trinajstić information content (AvgIpc) is 2.38. The number of hydrogen-bond acceptors (Lipinski definition) is 3. The highest BCUT2D eigenvalue weighted by Gasteiger charge is 2.10. The molecule has 2 rings (SSSR count). The Labute approximate surface area is 112 Å². The van der Waals surface area contributed by atoms with Gasteiger partial charge in [-0.05, 0) is 25.1 Å². The molecule has 20 heavy (non-hydrogen) atoms. The third-order valence-corrected chi connectivity index (χ3v) is 2.82. The number of aryl methyl sites for hydroxylation is 1. The van der Waals surface area contributed by atoms with Gasteiger partial charge in [0.25, 0.3) is 5.56 Å². The van der Waals surface area contributed by atoms with E-state index in [1.54, 1.807) is 0 Å². The van der Waals surface area contributed by atoms with Crippen LogP contribution in [0.3, 0.4) is 0 Å². The first-order valence-corrected chi connectivity index (χ1v) is 5.70. The first kappa shape index (κ1) is 13.7. The number of aromatic amines is 1. The number of hydrogen-bond donors (Lipinski definition) is 2. The summed E-state index contributed by atoms with van der Waals surface area (Å²) in [4.78, 5) is 35.8. The minimum absolute atomic E-state index is 0.0541. The van der Waals surface area contributed by atoms with Crippen LogP contribution in [0.15, 0.2) is 34.0 Å². The topological polar surface area (TPSA) is 92.2 Å². The van der Waals surface area contributed by atoms with Crippen molar-refractivity contribution in [3.05, 3.63) is 67.7 Å². The maximum atomic E-state index is 13.6. The van der Waals surface area contributed by atoms with Crippen molar-refractivity contribution in [2.24, 2.45) is 0 Å². The first-order valence-electron chi connectivity index (χ1n) is 5.70. The molecular formula is C13H11FN2O4. The predicted molar refractivity (Wildman–Crippen MR) is 68.5 cm³/mol. The maximum absolute atomic E-state index is 13.6. The van der Waals surface area contributed by atoms with Crippen LogP contribution in [0.2, 0.25) is 0 Å². The molecule has 6 nitrogen and oxygen atoms in total. The fourth-order valence-corrected chi connectivity index (χ4v) is 1.75. The van der Waals surface area contributed by atoms with Gasteiger partial charge in [-0.1, -0.05) is 0 Å². The molecule has 0 unspecified atom stereocenters. The van der Waals surface area contributed by atoms with E-state index in [4.69, 9.17) is 5.11 Å². The molecule has 0 aliphatic heterocycles. The molecule has 0 saturated heterocycles. The molecule has 0 radical (unpaired) electrons. The lowest BCUT2D eigenvalue weighted by atomic mass is 10.1. The van der Waals surface area contributed by atoms with Crippen LogP contribution in [-0.4, -0.2) is 20.6 Å². The van der Waals surface area contributed by atoms with Crippen molar-refractivity contribution in [1.82, 2.24) is 9.55 Å². The largest absolute Gasteiger partial charge is 0.478 e. The SMILES string of the molecule is Cc1cn(Cc2cc(C(=O)O)ccc2F)c(=O)[nH]c1=O. The molecule has 0 saturated carbocycles. The van der Waals surface area contributed by atoms with E-state index in [9.17, 15) is 18.8 Å². The quantitative estimate of drug-likeness (QED) is 0.865. The molecule has 0 aliphatic carbocycles. The fourth-order valence-electron chi connectivity index (χ4n) is 1.75. The van der Waals surface area contributed by atoms with E-state index in [0.29, 0.717) is 5.56 Å². The molecule has 104 valence electrons. The number of aromatic nitrogens is 2. The summed E-state index contributed by atoms with van der Waals surface area (Å²) in [6.45, 7) is 1.35. The highest BCUT2D eigenvalue weighted by atomic mass is 19.1. The Morgan fingerprint density at radius 1 is 1.40 bits per heavy atom. The van der Waals surface area contributed by atoms with Gasteiger partial charge in [-0.3, -0.25) is 14.3 Å². The number of aromatic carboxylic acids is 1. The van der Waals surface area contributed by atoms with Crippen molar-refractivity contribution < 1.29 is 14.3 Å². The number of halogens is 1. The number of carboxylic acid groups (broad SMARTS) is 1. The van der Waals surface area contributed by atoms with Crippen LogP contribution in [0.25, 0.3) is 0 Å². The maximum Gasteiger partial charge on any atom is 0.335 e. The third kappa shape index (κ3) is 2.66. The van der Waals surface area contributed by atoms with Gasteiger partial charge in [-0.2, -0.15) is 0 Å². The van der Waals surface area contributed by atoms with E-state index >= 15 is 0 Å². The Kier molecular flexibility index (Phi) is 3.51. The molecule has 0 spiro atoms. The van der Waals surface area contributed by atoms with Crippen molar-refractivity contribution in [2.75, 3.05) is 0 Å². The van der Waals surface area contributed by atoms with Crippen LogP contribution >= 0.6 is 0 Å². The summed E-state index contributed by atoms with van der Waals surface area (Å²) < 4.78 is 14.8. The molecule has 0 bridgehead atoms. The molecule has 0 fully saturated rings. The van der Waals surface area contributed by atoms with Gasteiger partial charge in [0.2, 0.25) is 0 Å². The molecule has 7 heteroatoms. The Balaban J connectivity index is 2.47. The molecule has 0 amide bonds. The molecule has 1 heterocycles. The zero-order valence-electron chi connectivity index (χ0n) is 10.5. The Morgan fingerprint density at radius 3 is 2.75 bits per heavy atom. The lowest BCUT2D eigenvalue weighted by Gasteiger charge is -2.08. The van der Waals surface area contributed by atoms with Gasteiger partial charge in [-0.25, -0.2) is 14.0 Å². The monoisotopic (exact) mass is 278 g/mol. The van der Waals surface area contributed by atoms with E-state index in [1.165, 1.54) is 13.1 Å². The van der Waals surface area contributed by atoms with Crippen LogP contribution in [0, 0.1) is 12.7 Å². The zero-order chi connectivity index (χ0) is 14.9. The highest BCUT2D eigenvalue weighted by molar-refractivity contribution is 5.87. The van der Waals surface area contributed by atoms with Gasteiger partial charge in [-0.15, -0.1) is 0 Å². The second-order valence-electron chi connectivity index (χ2n) is 4.31. The smallest absolute Gasteiger partial charge is 0.335 e. The Hall–Kier alpha value is -2.70. The van der Waals surface area contributed by atoms with E-state index in [0.717, 1.165) is 22.8 Å². The molecule has 2 aromatic rings. The van der Waals surface area contributed by atoms with Crippen molar-refractivity contribution in [1.29, 1.82) is 0 Å². The number of rotatable bonds is 3. The summed E-state index contributed by atoms with van der Waals surface area (Å²) in [5.74, 6) is -1.80. The van der Waals surface area contributed by atoms with Crippen LogP contribution in [0.4, 0.5) is 4.39 Å².